The van der Waals surface area contributed by atoms with Crippen LogP contribution in [0.2, 0.25) is 0 Å². The van der Waals surface area contributed by atoms with E-state index in [1.165, 1.54) is 0 Å². The summed E-state index contributed by atoms with van der Waals surface area (Å²) >= 11 is 4.60. The fourth-order valence-electron chi connectivity index (χ4n) is 0.811. The first-order valence-corrected chi connectivity index (χ1v) is 4.13. The highest BCUT2D eigenvalue weighted by atomic mass is 32.1. The van der Waals surface area contributed by atoms with E-state index < -0.39 is 0 Å². The van der Waals surface area contributed by atoms with Crippen LogP contribution in [0.5, 0.6) is 0 Å². The van der Waals surface area contributed by atoms with Crippen LogP contribution in [0.4, 0.5) is 0 Å². The van der Waals surface area contributed by atoms with E-state index in [0.29, 0.717) is 5.76 Å². The van der Waals surface area contributed by atoms with Crippen molar-refractivity contribution < 1.29 is 9.21 Å². The quantitative estimate of drug-likeness (QED) is 0.698. The molecule has 0 saturated heterocycles. The Bertz CT molecular complexity index is 333. The number of hydrogen-bond donors (Lipinski definition) is 2. The SMILES string of the molecule is Cc1ccc(C(=O)NCC(N)=S)o1. The number of amides is 1. The van der Waals surface area contributed by atoms with Gasteiger partial charge < -0.3 is 15.5 Å². The molecule has 4 nitrogen and oxygen atoms in total. The van der Waals surface area contributed by atoms with Crippen molar-refractivity contribution >= 4 is 23.1 Å². The smallest absolute Gasteiger partial charge is 0.287 e. The van der Waals surface area contributed by atoms with Crippen LogP contribution < -0.4 is 11.1 Å². The summed E-state index contributed by atoms with van der Waals surface area (Å²) in [7, 11) is 0. The molecule has 0 saturated carbocycles. The zero-order chi connectivity index (χ0) is 9.84. The zero-order valence-corrected chi connectivity index (χ0v) is 7.98. The second-order valence-corrected chi connectivity index (χ2v) is 3.08. The van der Waals surface area contributed by atoms with E-state index in [1.807, 2.05) is 0 Å². The van der Waals surface area contributed by atoms with E-state index in [9.17, 15) is 4.79 Å². The van der Waals surface area contributed by atoms with E-state index in [2.05, 4.69) is 17.5 Å². The average Bonchev–Trinajstić information content (AvgIpc) is 2.47. The molecule has 70 valence electrons. The van der Waals surface area contributed by atoms with E-state index in [0.717, 1.165) is 0 Å². The third-order valence-electron chi connectivity index (χ3n) is 1.39. The summed E-state index contributed by atoms with van der Waals surface area (Å²) < 4.78 is 5.08. The molecule has 0 radical (unpaired) electrons. The Labute approximate surface area is 81.1 Å². The van der Waals surface area contributed by atoms with Gasteiger partial charge in [0.1, 0.15) is 5.76 Å². The topological polar surface area (TPSA) is 68.3 Å². The first-order valence-electron chi connectivity index (χ1n) is 3.72. The van der Waals surface area contributed by atoms with Crippen molar-refractivity contribution in [3.8, 4) is 0 Å². The molecule has 0 fully saturated rings. The molecular formula is C8H10N2O2S. The Morgan fingerprint density at radius 3 is 2.85 bits per heavy atom. The van der Waals surface area contributed by atoms with Crippen LogP contribution in [0, 0.1) is 6.92 Å². The summed E-state index contributed by atoms with van der Waals surface area (Å²) in [6, 6.07) is 3.32. The molecule has 0 unspecified atom stereocenters. The normalized spacial score (nSPS) is 9.62. The number of furan rings is 1. The molecule has 0 aromatic carbocycles. The number of hydrogen-bond acceptors (Lipinski definition) is 3. The summed E-state index contributed by atoms with van der Waals surface area (Å²) in [4.78, 5) is 11.5. The zero-order valence-electron chi connectivity index (χ0n) is 7.16. The maximum Gasteiger partial charge on any atom is 0.287 e. The molecule has 0 bridgehead atoms. The third-order valence-corrected chi connectivity index (χ3v) is 1.53. The van der Waals surface area contributed by atoms with E-state index in [1.54, 1.807) is 19.1 Å². The van der Waals surface area contributed by atoms with Crippen molar-refractivity contribution in [1.29, 1.82) is 0 Å². The maximum atomic E-state index is 11.2. The Balaban J connectivity index is 2.54. The van der Waals surface area contributed by atoms with Crippen molar-refractivity contribution in [3.05, 3.63) is 23.7 Å². The molecule has 1 aromatic rings. The first-order chi connectivity index (χ1) is 6.09. The lowest BCUT2D eigenvalue weighted by Crippen LogP contribution is -2.31. The van der Waals surface area contributed by atoms with Crippen LogP contribution in [0.1, 0.15) is 16.3 Å². The van der Waals surface area contributed by atoms with Gasteiger partial charge in [-0.3, -0.25) is 4.79 Å². The second kappa shape index (κ2) is 4.04. The third kappa shape index (κ3) is 2.87. The van der Waals surface area contributed by atoms with Gasteiger partial charge in [0.05, 0.1) is 11.5 Å². The van der Waals surface area contributed by atoms with Gasteiger partial charge in [0.25, 0.3) is 5.91 Å². The van der Waals surface area contributed by atoms with Gasteiger partial charge in [0, 0.05) is 0 Å². The lowest BCUT2D eigenvalue weighted by atomic mass is 10.4. The molecule has 0 spiro atoms. The Morgan fingerprint density at radius 2 is 2.38 bits per heavy atom. The van der Waals surface area contributed by atoms with Gasteiger partial charge in [-0.2, -0.15) is 0 Å². The van der Waals surface area contributed by atoms with Crippen LogP contribution in [0.3, 0.4) is 0 Å². The molecular weight excluding hydrogens is 188 g/mol. The lowest BCUT2D eigenvalue weighted by molar-refractivity contribution is 0.0930. The Kier molecular flexibility index (Phi) is 3.02. The summed E-state index contributed by atoms with van der Waals surface area (Å²) in [6.07, 6.45) is 0. The number of aryl methyl sites for hydroxylation is 1. The molecule has 0 aliphatic rings. The van der Waals surface area contributed by atoms with Gasteiger partial charge >= 0.3 is 0 Å². The monoisotopic (exact) mass is 198 g/mol. The van der Waals surface area contributed by atoms with E-state index in [-0.39, 0.29) is 23.2 Å². The standard InChI is InChI=1S/C8H10N2O2S/c1-5-2-3-6(12-5)8(11)10-4-7(9)13/h2-3H,4H2,1H3,(H2,9,13)(H,10,11). The molecule has 1 rings (SSSR count). The molecule has 5 heteroatoms. The van der Waals surface area contributed by atoms with Crippen molar-refractivity contribution in [2.45, 2.75) is 6.92 Å². The van der Waals surface area contributed by atoms with Crippen molar-refractivity contribution in [1.82, 2.24) is 5.32 Å². The molecule has 1 heterocycles. The number of thiocarbonyl (C=S) groups is 1. The average molecular weight is 198 g/mol. The second-order valence-electron chi connectivity index (χ2n) is 2.56. The highest BCUT2D eigenvalue weighted by Crippen LogP contribution is 2.05. The maximum absolute atomic E-state index is 11.2. The minimum atomic E-state index is -0.305. The first kappa shape index (κ1) is 9.73. The number of carbonyl (C=O) groups excluding carboxylic acids is 1. The van der Waals surface area contributed by atoms with Crippen LogP contribution >= 0.6 is 12.2 Å². The minimum absolute atomic E-state index is 0.188. The molecule has 1 amide bonds. The lowest BCUT2D eigenvalue weighted by Gasteiger charge is -1.99. The summed E-state index contributed by atoms with van der Waals surface area (Å²) in [5.41, 5.74) is 5.21. The van der Waals surface area contributed by atoms with Crippen LogP contribution in [-0.4, -0.2) is 17.4 Å². The van der Waals surface area contributed by atoms with Gasteiger partial charge in [-0.1, -0.05) is 12.2 Å². The number of nitrogens with two attached hydrogens (primary N) is 1. The number of carbonyl (C=O) groups is 1. The van der Waals surface area contributed by atoms with Gasteiger partial charge in [0.15, 0.2) is 5.76 Å². The molecule has 1 aromatic heterocycles. The highest BCUT2D eigenvalue weighted by Gasteiger charge is 2.08. The van der Waals surface area contributed by atoms with Crippen molar-refractivity contribution in [2.75, 3.05) is 6.54 Å². The van der Waals surface area contributed by atoms with Gasteiger partial charge in [-0.25, -0.2) is 0 Å². The molecule has 0 aliphatic heterocycles. The van der Waals surface area contributed by atoms with E-state index >= 15 is 0 Å². The molecule has 0 atom stereocenters. The van der Waals surface area contributed by atoms with Crippen LogP contribution in [-0.2, 0) is 0 Å². The molecule has 0 aliphatic carbocycles. The van der Waals surface area contributed by atoms with Crippen LogP contribution in [0.15, 0.2) is 16.5 Å². The number of rotatable bonds is 3. The Hall–Kier alpha value is -1.36. The predicted octanol–water partition coefficient (Wildman–Crippen LogP) is 0.604. The number of nitrogens with one attached hydrogen (secondary N) is 1. The summed E-state index contributed by atoms with van der Waals surface area (Å²) in [6.45, 7) is 1.96. The summed E-state index contributed by atoms with van der Waals surface area (Å²) in [5.74, 6) is 0.662. The van der Waals surface area contributed by atoms with E-state index in [4.69, 9.17) is 10.2 Å². The Morgan fingerprint density at radius 1 is 1.69 bits per heavy atom. The largest absolute Gasteiger partial charge is 0.456 e. The van der Waals surface area contributed by atoms with Crippen molar-refractivity contribution in [3.63, 3.8) is 0 Å². The fourth-order valence-corrected chi connectivity index (χ4v) is 0.883. The molecule has 3 N–H and O–H groups in total. The fraction of sp³-hybridized carbons (Fsp3) is 0.250. The minimum Gasteiger partial charge on any atom is -0.456 e. The van der Waals surface area contributed by atoms with Gasteiger partial charge in [0.2, 0.25) is 0 Å². The van der Waals surface area contributed by atoms with Gasteiger partial charge in [-0.15, -0.1) is 0 Å². The molecule has 13 heavy (non-hydrogen) atoms. The van der Waals surface area contributed by atoms with Crippen LogP contribution in [0.25, 0.3) is 0 Å². The van der Waals surface area contributed by atoms with Crippen molar-refractivity contribution in [2.24, 2.45) is 5.73 Å². The predicted molar refractivity (Wildman–Crippen MR) is 52.6 cm³/mol. The highest BCUT2D eigenvalue weighted by molar-refractivity contribution is 7.80. The van der Waals surface area contributed by atoms with Gasteiger partial charge in [-0.05, 0) is 19.1 Å². The summed E-state index contributed by atoms with van der Waals surface area (Å²) in [5, 5.41) is 2.51.